The van der Waals surface area contributed by atoms with E-state index in [1.54, 1.807) is 6.07 Å². The van der Waals surface area contributed by atoms with Crippen LogP contribution in [0.4, 0.5) is 5.69 Å². The molecule has 174 valence electrons. The molecule has 0 spiro atoms. The highest BCUT2D eigenvalue weighted by atomic mass is 79.9. The normalized spacial score (nSPS) is 10.1. The fourth-order valence-corrected chi connectivity index (χ4v) is 3.24. The standard InChI is InChI=1S/C24H35N3O2.2BrH/c1-20(28)27-23-19-22(11-12-24(23)29)14-18-26-16-8-3-2-7-15-25-17-13-21-9-5-4-6-10-21;;/h4-6,9-12,19,25-26,29H,2-3,7-8,13-18H2,1H3,(H,27,28);2*1H. The van der Waals surface area contributed by atoms with E-state index >= 15 is 0 Å². The van der Waals surface area contributed by atoms with E-state index in [0.717, 1.165) is 44.6 Å². The SMILES string of the molecule is Br.Br.CC(=O)Nc1cc(CCNCCCCCCNCCc2ccccc2)ccc1O. The monoisotopic (exact) mass is 557 g/mol. The number of rotatable bonds is 14. The molecule has 0 saturated heterocycles. The second-order valence-corrected chi connectivity index (χ2v) is 7.43. The lowest BCUT2D eigenvalue weighted by molar-refractivity contribution is -0.114. The third kappa shape index (κ3) is 13.6. The molecule has 31 heavy (non-hydrogen) atoms. The molecule has 5 nitrogen and oxygen atoms in total. The second-order valence-electron chi connectivity index (χ2n) is 7.43. The number of carbonyl (C=O) groups excluding carboxylic acids is 1. The highest BCUT2D eigenvalue weighted by molar-refractivity contribution is 8.93. The Balaban J connectivity index is 0.00000450. The third-order valence-electron chi connectivity index (χ3n) is 4.85. The first-order valence-electron chi connectivity index (χ1n) is 10.7. The quantitative estimate of drug-likeness (QED) is 0.194. The zero-order valence-electron chi connectivity index (χ0n) is 18.4. The molecule has 2 aromatic carbocycles. The van der Waals surface area contributed by atoms with Gasteiger partial charge in [-0.3, -0.25) is 4.79 Å². The highest BCUT2D eigenvalue weighted by Gasteiger charge is 2.04. The Morgan fingerprint density at radius 2 is 1.35 bits per heavy atom. The van der Waals surface area contributed by atoms with Gasteiger partial charge >= 0.3 is 0 Å². The van der Waals surface area contributed by atoms with Crippen LogP contribution in [0.15, 0.2) is 48.5 Å². The zero-order chi connectivity index (χ0) is 20.7. The predicted octanol–water partition coefficient (Wildman–Crippen LogP) is 5.03. The Morgan fingerprint density at radius 3 is 1.94 bits per heavy atom. The van der Waals surface area contributed by atoms with Crippen LogP contribution in [0, 0.1) is 0 Å². The average Bonchev–Trinajstić information content (AvgIpc) is 2.71. The van der Waals surface area contributed by atoms with Crippen molar-refractivity contribution in [2.75, 3.05) is 31.5 Å². The van der Waals surface area contributed by atoms with Crippen LogP contribution in [0.1, 0.15) is 43.7 Å². The van der Waals surface area contributed by atoms with Gasteiger partial charge in [-0.1, -0.05) is 49.2 Å². The van der Waals surface area contributed by atoms with Gasteiger partial charge in [-0.15, -0.1) is 34.0 Å². The maximum absolute atomic E-state index is 11.2. The van der Waals surface area contributed by atoms with Crippen molar-refractivity contribution in [2.45, 2.75) is 45.4 Å². The summed E-state index contributed by atoms with van der Waals surface area (Å²) in [6.07, 6.45) is 6.90. The van der Waals surface area contributed by atoms with Gasteiger partial charge in [-0.25, -0.2) is 0 Å². The van der Waals surface area contributed by atoms with Gasteiger partial charge in [0.2, 0.25) is 5.91 Å². The molecular formula is C24H37Br2N3O2. The van der Waals surface area contributed by atoms with Gasteiger partial charge in [0.15, 0.2) is 0 Å². The summed E-state index contributed by atoms with van der Waals surface area (Å²) < 4.78 is 0. The maximum Gasteiger partial charge on any atom is 0.221 e. The summed E-state index contributed by atoms with van der Waals surface area (Å²) >= 11 is 0. The number of amides is 1. The van der Waals surface area contributed by atoms with Crippen molar-refractivity contribution < 1.29 is 9.90 Å². The number of unbranched alkanes of at least 4 members (excludes halogenated alkanes) is 3. The molecule has 0 atom stereocenters. The van der Waals surface area contributed by atoms with Crippen LogP contribution in [0.2, 0.25) is 0 Å². The molecular weight excluding hydrogens is 522 g/mol. The molecule has 0 bridgehead atoms. The van der Waals surface area contributed by atoms with Gasteiger partial charge in [0.25, 0.3) is 0 Å². The van der Waals surface area contributed by atoms with Crippen molar-refractivity contribution in [3.05, 3.63) is 59.7 Å². The Labute approximate surface area is 207 Å². The third-order valence-corrected chi connectivity index (χ3v) is 4.85. The number of carbonyl (C=O) groups is 1. The van der Waals surface area contributed by atoms with E-state index in [-0.39, 0.29) is 45.6 Å². The molecule has 0 aliphatic heterocycles. The van der Waals surface area contributed by atoms with E-state index < -0.39 is 0 Å². The maximum atomic E-state index is 11.2. The molecule has 2 aromatic rings. The van der Waals surface area contributed by atoms with Crippen molar-refractivity contribution >= 4 is 45.6 Å². The first-order chi connectivity index (χ1) is 14.1. The van der Waals surface area contributed by atoms with Gasteiger partial charge in [0, 0.05) is 6.92 Å². The van der Waals surface area contributed by atoms with Crippen LogP contribution < -0.4 is 16.0 Å². The summed E-state index contributed by atoms with van der Waals surface area (Å²) in [5.41, 5.74) is 2.97. The molecule has 0 aliphatic rings. The number of benzene rings is 2. The van der Waals surface area contributed by atoms with E-state index in [0.29, 0.717) is 5.69 Å². The number of hydrogen-bond acceptors (Lipinski definition) is 4. The molecule has 1 amide bonds. The minimum absolute atomic E-state index is 0. The van der Waals surface area contributed by atoms with Crippen LogP contribution in [0.25, 0.3) is 0 Å². The van der Waals surface area contributed by atoms with Crippen molar-refractivity contribution in [1.82, 2.24) is 10.6 Å². The molecule has 4 N–H and O–H groups in total. The van der Waals surface area contributed by atoms with Crippen molar-refractivity contribution in [3.63, 3.8) is 0 Å². The van der Waals surface area contributed by atoms with Crippen LogP contribution in [0.5, 0.6) is 5.75 Å². The van der Waals surface area contributed by atoms with E-state index in [1.165, 1.54) is 38.2 Å². The predicted molar refractivity (Wildman–Crippen MR) is 141 cm³/mol. The summed E-state index contributed by atoms with van der Waals surface area (Å²) in [4.78, 5) is 11.2. The molecule has 0 aliphatic carbocycles. The summed E-state index contributed by atoms with van der Waals surface area (Å²) in [7, 11) is 0. The number of halogens is 2. The van der Waals surface area contributed by atoms with E-state index in [1.807, 2.05) is 12.1 Å². The first-order valence-corrected chi connectivity index (χ1v) is 10.7. The van der Waals surface area contributed by atoms with Crippen LogP contribution in [0.3, 0.4) is 0 Å². The fraction of sp³-hybridized carbons (Fsp3) is 0.458. The summed E-state index contributed by atoms with van der Waals surface area (Å²) in [5.74, 6) is -0.0755. The summed E-state index contributed by atoms with van der Waals surface area (Å²) in [5, 5.41) is 19.4. The lowest BCUT2D eigenvalue weighted by Crippen LogP contribution is -2.19. The highest BCUT2D eigenvalue weighted by Crippen LogP contribution is 2.24. The number of phenols is 1. The smallest absolute Gasteiger partial charge is 0.221 e. The Morgan fingerprint density at radius 1 is 0.774 bits per heavy atom. The lowest BCUT2D eigenvalue weighted by Gasteiger charge is -2.09. The average molecular weight is 559 g/mol. The largest absolute Gasteiger partial charge is 0.506 e. The van der Waals surface area contributed by atoms with Crippen molar-refractivity contribution in [3.8, 4) is 5.75 Å². The number of anilines is 1. The number of nitrogens with one attached hydrogen (secondary N) is 3. The van der Waals surface area contributed by atoms with E-state index in [2.05, 4.69) is 46.3 Å². The van der Waals surface area contributed by atoms with Gasteiger partial charge in [-0.2, -0.15) is 0 Å². The molecule has 0 saturated carbocycles. The van der Waals surface area contributed by atoms with E-state index in [4.69, 9.17) is 0 Å². The minimum Gasteiger partial charge on any atom is -0.506 e. The van der Waals surface area contributed by atoms with Crippen molar-refractivity contribution in [1.29, 1.82) is 0 Å². The fourth-order valence-electron chi connectivity index (χ4n) is 3.24. The molecule has 0 radical (unpaired) electrons. The molecule has 0 heterocycles. The second kappa shape index (κ2) is 18.2. The van der Waals surface area contributed by atoms with Gasteiger partial charge < -0.3 is 21.1 Å². The molecule has 0 fully saturated rings. The number of phenolic OH excluding ortho intramolecular Hbond substituents is 1. The summed E-state index contributed by atoms with van der Waals surface area (Å²) in [6.45, 7) is 5.50. The van der Waals surface area contributed by atoms with Crippen LogP contribution in [-0.4, -0.2) is 37.2 Å². The van der Waals surface area contributed by atoms with Crippen LogP contribution >= 0.6 is 34.0 Å². The number of aromatic hydroxyl groups is 1. The zero-order valence-corrected chi connectivity index (χ0v) is 21.8. The van der Waals surface area contributed by atoms with Crippen molar-refractivity contribution in [2.24, 2.45) is 0 Å². The van der Waals surface area contributed by atoms with Gasteiger partial charge in [0.1, 0.15) is 5.75 Å². The van der Waals surface area contributed by atoms with E-state index in [9.17, 15) is 9.90 Å². The Kier molecular flexibility index (Phi) is 17.4. The van der Waals surface area contributed by atoms with Gasteiger partial charge in [-0.05, 0) is 75.1 Å². The lowest BCUT2D eigenvalue weighted by atomic mass is 10.1. The first kappa shape index (κ1) is 29.6. The molecule has 0 aromatic heterocycles. The summed E-state index contributed by atoms with van der Waals surface area (Å²) in [6, 6.07) is 16.0. The van der Waals surface area contributed by atoms with Crippen LogP contribution in [-0.2, 0) is 17.6 Å². The van der Waals surface area contributed by atoms with Gasteiger partial charge in [0.05, 0.1) is 5.69 Å². The number of hydrogen-bond donors (Lipinski definition) is 4. The molecule has 2 rings (SSSR count). The molecule has 7 heteroatoms. The topological polar surface area (TPSA) is 73.4 Å². The minimum atomic E-state index is -0.179. The molecule has 0 unspecified atom stereocenters. The Hall–Kier alpha value is -1.41. The Bertz CT molecular complexity index is 730.